The summed E-state index contributed by atoms with van der Waals surface area (Å²) in [4.78, 5) is 6.55. The quantitative estimate of drug-likeness (QED) is 0.843. The average Bonchev–Trinajstić information content (AvgIpc) is 2.96. The van der Waals surface area contributed by atoms with Crippen LogP contribution in [0.5, 0.6) is 5.75 Å². The zero-order valence-electron chi connectivity index (χ0n) is 13.0. The lowest BCUT2D eigenvalue weighted by Crippen LogP contribution is -2.40. The van der Waals surface area contributed by atoms with Crippen LogP contribution in [0.3, 0.4) is 0 Å². The van der Waals surface area contributed by atoms with Crippen LogP contribution in [0.1, 0.15) is 23.4 Å². The van der Waals surface area contributed by atoms with Crippen molar-refractivity contribution in [3.8, 4) is 5.75 Å². The molecule has 6 heteroatoms. The van der Waals surface area contributed by atoms with Crippen molar-refractivity contribution >= 4 is 0 Å². The van der Waals surface area contributed by atoms with Crippen LogP contribution in [0, 0.1) is 13.8 Å². The Morgan fingerprint density at radius 1 is 1.32 bits per heavy atom. The van der Waals surface area contributed by atoms with Crippen LogP contribution in [0.15, 0.2) is 28.8 Å². The Balaban J connectivity index is 1.49. The Bertz CT molecular complexity index is 614. The van der Waals surface area contributed by atoms with E-state index in [0.29, 0.717) is 24.9 Å². The SMILES string of the molecule is Cc1nc(C2CN(CCOc3ccccc3C)CCO2)no1. The van der Waals surface area contributed by atoms with Crippen LogP contribution in [-0.4, -0.2) is 47.9 Å². The van der Waals surface area contributed by atoms with Gasteiger partial charge in [0.1, 0.15) is 18.5 Å². The van der Waals surface area contributed by atoms with E-state index < -0.39 is 0 Å². The predicted molar refractivity (Wildman–Crippen MR) is 80.8 cm³/mol. The fourth-order valence-corrected chi connectivity index (χ4v) is 2.51. The van der Waals surface area contributed by atoms with E-state index in [2.05, 4.69) is 28.0 Å². The predicted octanol–water partition coefficient (Wildman–Crippen LogP) is 2.14. The molecule has 0 amide bonds. The highest BCUT2D eigenvalue weighted by Gasteiger charge is 2.25. The van der Waals surface area contributed by atoms with Gasteiger partial charge in [0.2, 0.25) is 11.7 Å². The molecule has 22 heavy (non-hydrogen) atoms. The van der Waals surface area contributed by atoms with Gasteiger partial charge < -0.3 is 14.0 Å². The number of aryl methyl sites for hydroxylation is 2. The molecule has 0 bridgehead atoms. The lowest BCUT2D eigenvalue weighted by molar-refractivity contribution is -0.0379. The number of hydrogen-bond donors (Lipinski definition) is 0. The molecular weight excluding hydrogens is 282 g/mol. The molecule has 0 saturated carbocycles. The molecule has 0 N–H and O–H groups in total. The molecule has 0 aliphatic carbocycles. The third-order valence-corrected chi connectivity index (χ3v) is 3.74. The first kappa shape index (κ1) is 15.0. The lowest BCUT2D eigenvalue weighted by atomic mass is 10.2. The minimum Gasteiger partial charge on any atom is -0.492 e. The van der Waals surface area contributed by atoms with Gasteiger partial charge in [-0.3, -0.25) is 4.90 Å². The first-order chi connectivity index (χ1) is 10.7. The number of hydrogen-bond acceptors (Lipinski definition) is 6. The van der Waals surface area contributed by atoms with Crippen LogP contribution >= 0.6 is 0 Å². The zero-order chi connectivity index (χ0) is 15.4. The van der Waals surface area contributed by atoms with E-state index in [1.807, 2.05) is 18.2 Å². The van der Waals surface area contributed by atoms with Crippen molar-refractivity contribution in [2.24, 2.45) is 0 Å². The molecule has 1 fully saturated rings. The molecule has 1 atom stereocenters. The van der Waals surface area contributed by atoms with E-state index in [9.17, 15) is 0 Å². The zero-order valence-corrected chi connectivity index (χ0v) is 13.0. The van der Waals surface area contributed by atoms with Crippen molar-refractivity contribution in [1.29, 1.82) is 0 Å². The summed E-state index contributed by atoms with van der Waals surface area (Å²) in [5, 5.41) is 3.94. The van der Waals surface area contributed by atoms with Crippen LogP contribution in [-0.2, 0) is 4.74 Å². The van der Waals surface area contributed by atoms with Crippen LogP contribution in [0.25, 0.3) is 0 Å². The fraction of sp³-hybridized carbons (Fsp3) is 0.500. The fourth-order valence-electron chi connectivity index (χ4n) is 2.51. The van der Waals surface area contributed by atoms with Gasteiger partial charge >= 0.3 is 0 Å². The molecule has 1 aromatic heterocycles. The molecule has 3 rings (SSSR count). The summed E-state index contributed by atoms with van der Waals surface area (Å²) in [6, 6.07) is 8.06. The number of nitrogens with zero attached hydrogens (tertiary/aromatic N) is 3. The van der Waals surface area contributed by atoms with E-state index in [1.54, 1.807) is 6.92 Å². The number of rotatable bonds is 5. The highest BCUT2D eigenvalue weighted by Crippen LogP contribution is 2.20. The molecule has 1 unspecified atom stereocenters. The Hall–Kier alpha value is -1.92. The van der Waals surface area contributed by atoms with Crippen molar-refractivity contribution in [3.05, 3.63) is 41.5 Å². The summed E-state index contributed by atoms with van der Waals surface area (Å²) >= 11 is 0. The summed E-state index contributed by atoms with van der Waals surface area (Å²) in [5.74, 6) is 2.14. The highest BCUT2D eigenvalue weighted by molar-refractivity contribution is 5.31. The van der Waals surface area contributed by atoms with Gasteiger partial charge in [-0.2, -0.15) is 4.98 Å². The molecule has 1 aromatic carbocycles. The Morgan fingerprint density at radius 2 is 2.18 bits per heavy atom. The maximum absolute atomic E-state index is 5.85. The van der Waals surface area contributed by atoms with Gasteiger partial charge in [-0.25, -0.2) is 0 Å². The molecular formula is C16H21N3O3. The maximum Gasteiger partial charge on any atom is 0.223 e. The largest absolute Gasteiger partial charge is 0.492 e. The number of ether oxygens (including phenoxy) is 2. The van der Waals surface area contributed by atoms with E-state index >= 15 is 0 Å². The summed E-state index contributed by atoms with van der Waals surface area (Å²) in [6.07, 6.45) is -0.121. The van der Waals surface area contributed by atoms with Crippen molar-refractivity contribution in [2.45, 2.75) is 20.0 Å². The van der Waals surface area contributed by atoms with Gasteiger partial charge in [-0.15, -0.1) is 0 Å². The molecule has 2 heterocycles. The van der Waals surface area contributed by atoms with Gasteiger partial charge in [0.05, 0.1) is 6.61 Å². The summed E-state index contributed by atoms with van der Waals surface area (Å²) in [6.45, 7) is 7.67. The van der Waals surface area contributed by atoms with Crippen LogP contribution in [0.4, 0.5) is 0 Å². The molecule has 1 aliphatic heterocycles. The summed E-state index contributed by atoms with van der Waals surface area (Å²) in [5.41, 5.74) is 1.16. The Morgan fingerprint density at radius 3 is 2.95 bits per heavy atom. The third kappa shape index (κ3) is 3.64. The first-order valence-electron chi connectivity index (χ1n) is 7.55. The second-order valence-corrected chi connectivity index (χ2v) is 5.45. The lowest BCUT2D eigenvalue weighted by Gasteiger charge is -2.31. The van der Waals surface area contributed by atoms with Crippen molar-refractivity contribution < 1.29 is 14.0 Å². The Labute approximate surface area is 130 Å². The number of para-hydroxylation sites is 1. The molecule has 0 radical (unpaired) electrons. The molecule has 0 spiro atoms. The maximum atomic E-state index is 5.85. The van der Waals surface area contributed by atoms with Crippen molar-refractivity contribution in [1.82, 2.24) is 15.0 Å². The molecule has 118 valence electrons. The molecule has 2 aromatic rings. The smallest absolute Gasteiger partial charge is 0.223 e. The molecule has 1 aliphatic rings. The van der Waals surface area contributed by atoms with Crippen LogP contribution < -0.4 is 4.74 Å². The molecule has 6 nitrogen and oxygen atoms in total. The standard InChI is InChI=1S/C16H21N3O3/c1-12-5-3-4-6-14(12)20-9-7-19-8-10-21-15(11-19)16-17-13(2)22-18-16/h3-6,15H,7-11H2,1-2H3. The monoisotopic (exact) mass is 303 g/mol. The van der Waals surface area contributed by atoms with Gasteiger partial charge in [0, 0.05) is 26.6 Å². The van der Waals surface area contributed by atoms with Crippen molar-refractivity contribution in [2.75, 3.05) is 32.8 Å². The summed E-state index contributed by atoms with van der Waals surface area (Å²) in [7, 11) is 0. The number of aromatic nitrogens is 2. The number of morpholine rings is 1. The van der Waals surface area contributed by atoms with Gasteiger partial charge in [-0.05, 0) is 18.6 Å². The second kappa shape index (κ2) is 6.89. The van der Waals surface area contributed by atoms with E-state index in [1.165, 1.54) is 0 Å². The summed E-state index contributed by atoms with van der Waals surface area (Å²) < 4.78 is 16.6. The van der Waals surface area contributed by atoms with E-state index in [-0.39, 0.29) is 6.10 Å². The van der Waals surface area contributed by atoms with E-state index in [0.717, 1.165) is 30.9 Å². The normalized spacial score (nSPS) is 19.3. The number of benzene rings is 1. The minimum absolute atomic E-state index is 0.121. The minimum atomic E-state index is -0.121. The van der Waals surface area contributed by atoms with Crippen molar-refractivity contribution in [3.63, 3.8) is 0 Å². The third-order valence-electron chi connectivity index (χ3n) is 3.74. The van der Waals surface area contributed by atoms with Gasteiger partial charge in [0.15, 0.2) is 0 Å². The topological polar surface area (TPSA) is 60.6 Å². The van der Waals surface area contributed by atoms with Gasteiger partial charge in [-0.1, -0.05) is 23.4 Å². The first-order valence-corrected chi connectivity index (χ1v) is 7.55. The highest BCUT2D eigenvalue weighted by atomic mass is 16.5. The average molecular weight is 303 g/mol. The Kier molecular flexibility index (Phi) is 4.70. The molecule has 1 saturated heterocycles. The second-order valence-electron chi connectivity index (χ2n) is 5.45. The van der Waals surface area contributed by atoms with Crippen LogP contribution in [0.2, 0.25) is 0 Å². The van der Waals surface area contributed by atoms with Gasteiger partial charge in [0.25, 0.3) is 0 Å². The van der Waals surface area contributed by atoms with E-state index in [4.69, 9.17) is 14.0 Å².